The summed E-state index contributed by atoms with van der Waals surface area (Å²) in [5, 5.41) is 11.5. The van der Waals surface area contributed by atoms with Crippen molar-refractivity contribution in [2.75, 3.05) is 27.4 Å². The summed E-state index contributed by atoms with van der Waals surface area (Å²) in [6.45, 7) is 0.743. The summed E-state index contributed by atoms with van der Waals surface area (Å²) >= 11 is 5.94. The van der Waals surface area contributed by atoms with E-state index in [1.54, 1.807) is 43.4 Å². The quantitative estimate of drug-likeness (QED) is 0.835. The van der Waals surface area contributed by atoms with Gasteiger partial charge in [0, 0.05) is 18.7 Å². The van der Waals surface area contributed by atoms with Crippen LogP contribution < -0.4 is 4.74 Å². The highest BCUT2D eigenvalue weighted by atomic mass is 35.5. The third kappa shape index (κ3) is 3.41. The molecule has 0 bridgehead atoms. The summed E-state index contributed by atoms with van der Waals surface area (Å²) in [5.41, 5.74) is 1.73. The Morgan fingerprint density at radius 1 is 1.08 bits per heavy atom. The number of hydrogen-bond donors (Lipinski definition) is 1. The van der Waals surface area contributed by atoms with E-state index in [0.717, 1.165) is 5.56 Å². The van der Waals surface area contributed by atoms with E-state index in [4.69, 9.17) is 21.1 Å². The predicted octanol–water partition coefficient (Wildman–Crippen LogP) is 3.85. The van der Waals surface area contributed by atoms with Crippen molar-refractivity contribution < 1.29 is 19.4 Å². The highest BCUT2D eigenvalue weighted by Gasteiger charge is 2.40. The van der Waals surface area contributed by atoms with Crippen LogP contribution in [-0.2, 0) is 9.53 Å². The van der Waals surface area contributed by atoms with Crippen molar-refractivity contribution in [1.29, 1.82) is 0 Å². The van der Waals surface area contributed by atoms with E-state index in [1.807, 2.05) is 24.3 Å². The molecule has 0 aromatic heterocycles. The van der Waals surface area contributed by atoms with E-state index >= 15 is 0 Å². The van der Waals surface area contributed by atoms with E-state index in [-0.39, 0.29) is 11.7 Å². The second kappa shape index (κ2) is 7.81. The molecule has 1 aliphatic rings. The van der Waals surface area contributed by atoms with Crippen LogP contribution in [-0.4, -0.2) is 43.3 Å². The Balaban J connectivity index is 2.04. The molecule has 1 unspecified atom stereocenters. The number of benzene rings is 2. The van der Waals surface area contributed by atoms with Crippen LogP contribution in [0.2, 0.25) is 5.02 Å². The van der Waals surface area contributed by atoms with Crippen LogP contribution in [0.5, 0.6) is 5.75 Å². The molecule has 1 atom stereocenters. The molecule has 136 valence electrons. The summed E-state index contributed by atoms with van der Waals surface area (Å²) in [5.74, 6) is 0.504. The molecule has 2 aromatic carbocycles. The summed E-state index contributed by atoms with van der Waals surface area (Å²) in [6.07, 6.45) is 0. The SMILES string of the molecule is COCCN1C(=O)C(c2ccc(Cl)cc2)=C(O)C1c1ccc(OC)cc1. The molecule has 1 amide bonds. The fraction of sp³-hybridized carbons (Fsp3) is 0.250. The summed E-state index contributed by atoms with van der Waals surface area (Å²) in [6, 6.07) is 13.6. The van der Waals surface area contributed by atoms with Gasteiger partial charge in [0.1, 0.15) is 17.6 Å². The Bertz CT molecular complexity index is 815. The van der Waals surface area contributed by atoms with E-state index in [0.29, 0.717) is 35.1 Å². The molecular formula is C20H20ClNO4. The standard InChI is InChI=1S/C20H20ClNO4/c1-25-12-11-22-18(14-5-9-16(26-2)10-6-14)19(23)17(20(22)24)13-3-7-15(21)8-4-13/h3-10,18,23H,11-12H2,1-2H3. The predicted molar refractivity (Wildman–Crippen MR) is 100 cm³/mol. The van der Waals surface area contributed by atoms with Gasteiger partial charge in [0.05, 0.1) is 19.3 Å². The first kappa shape index (κ1) is 18.3. The Morgan fingerprint density at radius 2 is 1.73 bits per heavy atom. The van der Waals surface area contributed by atoms with Gasteiger partial charge in [-0.1, -0.05) is 35.9 Å². The van der Waals surface area contributed by atoms with Crippen LogP contribution in [0.15, 0.2) is 54.3 Å². The van der Waals surface area contributed by atoms with E-state index < -0.39 is 6.04 Å². The number of ether oxygens (including phenoxy) is 2. The molecule has 0 spiro atoms. The van der Waals surface area contributed by atoms with Crippen LogP contribution in [0.25, 0.3) is 5.57 Å². The minimum Gasteiger partial charge on any atom is -0.509 e. The number of methoxy groups -OCH3 is 2. The van der Waals surface area contributed by atoms with Gasteiger partial charge in [-0.15, -0.1) is 0 Å². The Hall–Kier alpha value is -2.50. The van der Waals surface area contributed by atoms with E-state index in [9.17, 15) is 9.90 Å². The number of rotatable bonds is 6. The lowest BCUT2D eigenvalue weighted by atomic mass is 10.0. The van der Waals surface area contributed by atoms with Gasteiger partial charge >= 0.3 is 0 Å². The normalized spacial score (nSPS) is 17.1. The Kier molecular flexibility index (Phi) is 5.49. The number of amides is 1. The molecule has 0 fully saturated rings. The van der Waals surface area contributed by atoms with Gasteiger partial charge in [-0.05, 0) is 35.4 Å². The molecule has 0 saturated carbocycles. The topological polar surface area (TPSA) is 59.0 Å². The molecule has 3 rings (SSSR count). The van der Waals surface area contributed by atoms with Gasteiger partial charge in [0.2, 0.25) is 0 Å². The zero-order valence-corrected chi connectivity index (χ0v) is 15.4. The van der Waals surface area contributed by atoms with E-state index in [2.05, 4.69) is 0 Å². The lowest BCUT2D eigenvalue weighted by Crippen LogP contribution is -2.33. The molecule has 6 heteroatoms. The number of aliphatic hydroxyl groups excluding tert-OH is 1. The van der Waals surface area contributed by atoms with Gasteiger partial charge in [-0.25, -0.2) is 0 Å². The minimum absolute atomic E-state index is 0.0265. The first-order valence-electron chi connectivity index (χ1n) is 8.19. The van der Waals surface area contributed by atoms with Gasteiger partial charge in [-0.3, -0.25) is 4.79 Å². The minimum atomic E-state index is -0.561. The van der Waals surface area contributed by atoms with Gasteiger partial charge in [0.15, 0.2) is 0 Å². The highest BCUT2D eigenvalue weighted by molar-refractivity contribution is 6.30. The van der Waals surface area contributed by atoms with Crippen molar-refractivity contribution in [2.24, 2.45) is 0 Å². The largest absolute Gasteiger partial charge is 0.509 e. The highest BCUT2D eigenvalue weighted by Crippen LogP contribution is 2.40. The third-order valence-corrected chi connectivity index (χ3v) is 4.65. The summed E-state index contributed by atoms with van der Waals surface area (Å²) < 4.78 is 10.3. The first-order chi connectivity index (χ1) is 12.6. The molecule has 0 saturated heterocycles. The maximum absolute atomic E-state index is 13.0. The van der Waals surface area contributed by atoms with Crippen molar-refractivity contribution in [3.8, 4) is 5.75 Å². The van der Waals surface area contributed by atoms with Crippen LogP contribution in [0.1, 0.15) is 17.2 Å². The monoisotopic (exact) mass is 373 g/mol. The lowest BCUT2D eigenvalue weighted by Gasteiger charge is -2.25. The van der Waals surface area contributed by atoms with Crippen molar-refractivity contribution in [1.82, 2.24) is 4.90 Å². The summed E-state index contributed by atoms with van der Waals surface area (Å²) in [4.78, 5) is 14.6. The Labute approximate surface area is 157 Å². The number of hydrogen-bond acceptors (Lipinski definition) is 4. The Morgan fingerprint density at radius 3 is 2.31 bits per heavy atom. The van der Waals surface area contributed by atoms with Gasteiger partial charge in [0.25, 0.3) is 5.91 Å². The van der Waals surface area contributed by atoms with Crippen LogP contribution in [0.4, 0.5) is 0 Å². The maximum Gasteiger partial charge on any atom is 0.258 e. The van der Waals surface area contributed by atoms with Crippen molar-refractivity contribution in [3.63, 3.8) is 0 Å². The van der Waals surface area contributed by atoms with Gasteiger partial charge < -0.3 is 19.5 Å². The molecule has 26 heavy (non-hydrogen) atoms. The number of aliphatic hydroxyl groups is 1. The lowest BCUT2D eigenvalue weighted by molar-refractivity contribution is -0.126. The average Bonchev–Trinajstić information content (AvgIpc) is 2.91. The zero-order chi connectivity index (χ0) is 18.7. The molecule has 0 aliphatic carbocycles. The number of nitrogens with zero attached hydrogens (tertiary/aromatic N) is 1. The molecule has 0 radical (unpaired) electrons. The molecule has 1 heterocycles. The molecule has 2 aromatic rings. The van der Waals surface area contributed by atoms with Crippen LogP contribution in [0.3, 0.4) is 0 Å². The van der Waals surface area contributed by atoms with Gasteiger partial charge in [-0.2, -0.15) is 0 Å². The number of carbonyl (C=O) groups is 1. The fourth-order valence-corrected chi connectivity index (χ4v) is 3.21. The van der Waals surface area contributed by atoms with Crippen LogP contribution in [0, 0.1) is 0 Å². The van der Waals surface area contributed by atoms with Crippen LogP contribution >= 0.6 is 11.6 Å². The number of halogens is 1. The molecular weight excluding hydrogens is 354 g/mol. The second-order valence-electron chi connectivity index (χ2n) is 5.93. The first-order valence-corrected chi connectivity index (χ1v) is 8.57. The third-order valence-electron chi connectivity index (χ3n) is 4.40. The summed E-state index contributed by atoms with van der Waals surface area (Å²) in [7, 11) is 3.17. The molecule has 1 aliphatic heterocycles. The molecule has 1 N–H and O–H groups in total. The van der Waals surface area contributed by atoms with Crippen molar-refractivity contribution in [2.45, 2.75) is 6.04 Å². The molecule has 5 nitrogen and oxygen atoms in total. The fourth-order valence-electron chi connectivity index (χ4n) is 3.09. The second-order valence-corrected chi connectivity index (χ2v) is 6.37. The maximum atomic E-state index is 13.0. The average molecular weight is 374 g/mol. The smallest absolute Gasteiger partial charge is 0.258 e. The van der Waals surface area contributed by atoms with Crippen molar-refractivity contribution in [3.05, 3.63) is 70.4 Å². The number of carbonyl (C=O) groups excluding carboxylic acids is 1. The van der Waals surface area contributed by atoms with Crippen molar-refractivity contribution >= 4 is 23.1 Å². The van der Waals surface area contributed by atoms with E-state index in [1.165, 1.54) is 0 Å². The zero-order valence-electron chi connectivity index (χ0n) is 14.6.